The van der Waals surface area contributed by atoms with Crippen LogP contribution in [0.15, 0.2) is 0 Å². The molecule has 5 nitrogen and oxygen atoms in total. The second kappa shape index (κ2) is 9.61. The minimum atomic E-state index is -0.754. The summed E-state index contributed by atoms with van der Waals surface area (Å²) >= 11 is 0. The second-order valence-electron chi connectivity index (χ2n) is 5.56. The number of carboxylic acids is 1. The number of rotatable bonds is 9. The summed E-state index contributed by atoms with van der Waals surface area (Å²) in [5, 5.41) is 11.8. The van der Waals surface area contributed by atoms with E-state index in [1.54, 1.807) is 6.92 Å². The highest BCUT2D eigenvalue weighted by Crippen LogP contribution is 2.10. The van der Waals surface area contributed by atoms with Gasteiger partial charge >= 0.3 is 12.0 Å². The number of nitrogens with one attached hydrogen (secondary N) is 1. The van der Waals surface area contributed by atoms with E-state index >= 15 is 0 Å². The van der Waals surface area contributed by atoms with Crippen molar-refractivity contribution in [3.05, 3.63) is 0 Å². The number of hydrogen-bond acceptors (Lipinski definition) is 2. The summed E-state index contributed by atoms with van der Waals surface area (Å²) in [6.07, 6.45) is 3.20. The van der Waals surface area contributed by atoms with Gasteiger partial charge in [-0.05, 0) is 40.0 Å². The van der Waals surface area contributed by atoms with Crippen LogP contribution in [0.4, 0.5) is 4.79 Å². The Labute approximate surface area is 122 Å². The minimum absolute atomic E-state index is 0.0272. The Morgan fingerprint density at radius 2 is 1.75 bits per heavy atom. The van der Waals surface area contributed by atoms with Gasteiger partial charge in [-0.15, -0.1) is 0 Å². The third-order valence-corrected chi connectivity index (χ3v) is 3.79. The van der Waals surface area contributed by atoms with Gasteiger partial charge in [0.25, 0.3) is 0 Å². The molecule has 0 aliphatic carbocycles. The van der Waals surface area contributed by atoms with Crippen molar-refractivity contribution >= 4 is 12.0 Å². The number of hydrogen-bond donors (Lipinski definition) is 2. The first-order valence-electron chi connectivity index (χ1n) is 7.63. The molecule has 2 amide bonds. The van der Waals surface area contributed by atoms with Crippen LogP contribution < -0.4 is 5.32 Å². The van der Waals surface area contributed by atoms with E-state index in [4.69, 9.17) is 5.11 Å². The van der Waals surface area contributed by atoms with Gasteiger partial charge in [-0.2, -0.15) is 0 Å². The molecule has 0 aromatic rings. The van der Waals surface area contributed by atoms with Crippen LogP contribution in [0.5, 0.6) is 0 Å². The lowest BCUT2D eigenvalue weighted by atomic mass is 10.0. The predicted octanol–water partition coefficient (Wildman–Crippen LogP) is 3.10. The normalized spacial score (nSPS) is 15.2. The van der Waals surface area contributed by atoms with Gasteiger partial charge in [-0.3, -0.25) is 4.79 Å². The summed E-state index contributed by atoms with van der Waals surface area (Å²) in [6.45, 7) is 10.5. The lowest BCUT2D eigenvalue weighted by Crippen LogP contribution is -2.47. The van der Waals surface area contributed by atoms with Crippen LogP contribution in [0.1, 0.15) is 60.3 Å². The molecular formula is C15H30N2O3. The summed E-state index contributed by atoms with van der Waals surface area (Å²) in [5.74, 6) is -1.07. The largest absolute Gasteiger partial charge is 0.481 e. The van der Waals surface area contributed by atoms with Gasteiger partial charge in [0, 0.05) is 18.6 Å². The molecule has 0 saturated heterocycles. The van der Waals surface area contributed by atoms with Gasteiger partial charge in [-0.25, -0.2) is 4.79 Å². The molecule has 118 valence electrons. The maximum atomic E-state index is 12.1. The molecule has 0 bridgehead atoms. The SMILES string of the molecule is CCC(C)N(CC)C(=O)NC(C)CCCC(C)C(=O)O. The van der Waals surface area contributed by atoms with Crippen molar-refractivity contribution in [1.82, 2.24) is 10.2 Å². The van der Waals surface area contributed by atoms with E-state index in [1.807, 2.05) is 25.7 Å². The summed E-state index contributed by atoms with van der Waals surface area (Å²) in [6, 6.07) is 0.279. The summed E-state index contributed by atoms with van der Waals surface area (Å²) in [5.41, 5.74) is 0. The fourth-order valence-corrected chi connectivity index (χ4v) is 2.10. The van der Waals surface area contributed by atoms with E-state index in [0.29, 0.717) is 13.0 Å². The molecule has 0 spiro atoms. The number of carbonyl (C=O) groups excluding carboxylic acids is 1. The van der Waals surface area contributed by atoms with Crippen molar-refractivity contribution in [1.29, 1.82) is 0 Å². The fraction of sp³-hybridized carbons (Fsp3) is 0.867. The topological polar surface area (TPSA) is 69.6 Å². The maximum absolute atomic E-state index is 12.1. The zero-order chi connectivity index (χ0) is 15.7. The average molecular weight is 286 g/mol. The summed E-state index contributed by atoms with van der Waals surface area (Å²) < 4.78 is 0. The van der Waals surface area contributed by atoms with Gasteiger partial charge in [0.1, 0.15) is 0 Å². The lowest BCUT2D eigenvalue weighted by molar-refractivity contribution is -0.141. The molecule has 0 aromatic heterocycles. The van der Waals surface area contributed by atoms with Crippen molar-refractivity contribution in [2.75, 3.05) is 6.54 Å². The molecule has 20 heavy (non-hydrogen) atoms. The van der Waals surface area contributed by atoms with E-state index in [-0.39, 0.29) is 24.0 Å². The zero-order valence-corrected chi connectivity index (χ0v) is 13.5. The molecule has 5 heteroatoms. The van der Waals surface area contributed by atoms with Crippen molar-refractivity contribution in [2.24, 2.45) is 5.92 Å². The predicted molar refractivity (Wildman–Crippen MR) is 80.8 cm³/mol. The molecule has 0 aromatic carbocycles. The number of nitrogens with zero attached hydrogens (tertiary/aromatic N) is 1. The molecule has 0 radical (unpaired) electrons. The Morgan fingerprint density at radius 3 is 2.20 bits per heavy atom. The maximum Gasteiger partial charge on any atom is 0.317 e. The van der Waals surface area contributed by atoms with Crippen LogP contribution in [-0.2, 0) is 4.79 Å². The van der Waals surface area contributed by atoms with Gasteiger partial charge in [0.2, 0.25) is 0 Å². The van der Waals surface area contributed by atoms with Crippen LogP contribution in [0.25, 0.3) is 0 Å². The highest BCUT2D eigenvalue weighted by Gasteiger charge is 2.18. The molecule has 0 rings (SSSR count). The van der Waals surface area contributed by atoms with Crippen LogP contribution in [0.3, 0.4) is 0 Å². The standard InChI is InChI=1S/C15H30N2O3/c1-6-13(5)17(7-2)15(20)16-12(4)10-8-9-11(3)14(18)19/h11-13H,6-10H2,1-5H3,(H,16,20)(H,18,19). The summed E-state index contributed by atoms with van der Waals surface area (Å²) in [4.78, 5) is 24.7. The minimum Gasteiger partial charge on any atom is -0.481 e. The Bertz CT molecular complexity index is 307. The van der Waals surface area contributed by atoms with E-state index in [0.717, 1.165) is 19.3 Å². The average Bonchev–Trinajstić information content (AvgIpc) is 2.38. The van der Waals surface area contributed by atoms with Crippen LogP contribution in [-0.4, -0.2) is 40.6 Å². The van der Waals surface area contributed by atoms with Gasteiger partial charge in [0.05, 0.1) is 5.92 Å². The number of carbonyl (C=O) groups is 2. The highest BCUT2D eigenvalue weighted by molar-refractivity contribution is 5.74. The molecule has 3 atom stereocenters. The fourth-order valence-electron chi connectivity index (χ4n) is 2.10. The van der Waals surface area contributed by atoms with Crippen molar-refractivity contribution in [3.63, 3.8) is 0 Å². The monoisotopic (exact) mass is 286 g/mol. The first-order chi connectivity index (χ1) is 9.33. The molecule has 2 N–H and O–H groups in total. The first kappa shape index (κ1) is 18.7. The van der Waals surface area contributed by atoms with Crippen LogP contribution in [0.2, 0.25) is 0 Å². The molecule has 0 aliphatic rings. The number of urea groups is 1. The summed E-state index contributed by atoms with van der Waals surface area (Å²) in [7, 11) is 0. The lowest BCUT2D eigenvalue weighted by Gasteiger charge is -2.29. The first-order valence-corrected chi connectivity index (χ1v) is 7.63. The zero-order valence-electron chi connectivity index (χ0n) is 13.5. The van der Waals surface area contributed by atoms with E-state index in [9.17, 15) is 9.59 Å². The molecule has 0 saturated carbocycles. The highest BCUT2D eigenvalue weighted by atomic mass is 16.4. The van der Waals surface area contributed by atoms with Crippen molar-refractivity contribution < 1.29 is 14.7 Å². The number of amides is 2. The van der Waals surface area contributed by atoms with Crippen molar-refractivity contribution in [3.8, 4) is 0 Å². The Kier molecular flexibility index (Phi) is 9.01. The van der Waals surface area contributed by atoms with Gasteiger partial charge < -0.3 is 15.3 Å². The third-order valence-electron chi connectivity index (χ3n) is 3.79. The molecule has 0 fully saturated rings. The van der Waals surface area contributed by atoms with E-state index in [2.05, 4.69) is 12.2 Å². The molecular weight excluding hydrogens is 256 g/mol. The smallest absolute Gasteiger partial charge is 0.317 e. The second-order valence-corrected chi connectivity index (χ2v) is 5.56. The third kappa shape index (κ3) is 6.78. The number of carboxylic acid groups (broad SMARTS) is 1. The quantitative estimate of drug-likeness (QED) is 0.684. The van der Waals surface area contributed by atoms with Crippen LogP contribution in [0, 0.1) is 5.92 Å². The van der Waals surface area contributed by atoms with E-state index in [1.165, 1.54) is 0 Å². The number of aliphatic carboxylic acids is 1. The molecule has 0 heterocycles. The molecule has 3 unspecified atom stereocenters. The van der Waals surface area contributed by atoms with Gasteiger partial charge in [0.15, 0.2) is 0 Å². The Balaban J connectivity index is 4.09. The molecule has 0 aliphatic heterocycles. The van der Waals surface area contributed by atoms with Crippen molar-refractivity contribution in [2.45, 2.75) is 72.4 Å². The van der Waals surface area contributed by atoms with Gasteiger partial charge in [-0.1, -0.05) is 20.3 Å². The van der Waals surface area contributed by atoms with E-state index < -0.39 is 5.97 Å². The Hall–Kier alpha value is -1.26. The van der Waals surface area contributed by atoms with Crippen LogP contribution >= 0.6 is 0 Å². The Morgan fingerprint density at radius 1 is 1.15 bits per heavy atom.